The van der Waals surface area contributed by atoms with Crippen LogP contribution in [0.25, 0.3) is 11.4 Å². The number of amides is 1. The highest BCUT2D eigenvalue weighted by Crippen LogP contribution is 2.18. The molecule has 3 N–H and O–H groups in total. The lowest BCUT2D eigenvalue weighted by Crippen LogP contribution is -2.46. The number of hydrogen-bond acceptors (Lipinski definition) is 4. The maximum absolute atomic E-state index is 12.4. The molecule has 0 radical (unpaired) electrons. The molecule has 0 fully saturated rings. The van der Waals surface area contributed by atoms with Crippen molar-refractivity contribution in [1.29, 1.82) is 0 Å². The molecular weight excluding hydrogens is 280 g/mol. The lowest BCUT2D eigenvalue weighted by atomic mass is 9.94. The predicted octanol–water partition coefficient (Wildman–Crippen LogP) is 2.06. The fourth-order valence-electron chi connectivity index (χ4n) is 2.19. The minimum Gasteiger partial charge on any atom is -0.396 e. The van der Waals surface area contributed by atoms with E-state index in [1.807, 2.05) is 32.9 Å². The van der Waals surface area contributed by atoms with Gasteiger partial charge in [0.15, 0.2) is 5.82 Å². The molecule has 1 atom stereocenters. The first-order chi connectivity index (χ1) is 10.5. The first-order valence-corrected chi connectivity index (χ1v) is 7.40. The molecule has 2 aromatic rings. The van der Waals surface area contributed by atoms with Crippen LogP contribution in [0.4, 0.5) is 0 Å². The maximum atomic E-state index is 12.4. The maximum Gasteiger partial charge on any atom is 0.251 e. The van der Waals surface area contributed by atoms with Gasteiger partial charge in [0.2, 0.25) is 0 Å². The van der Waals surface area contributed by atoms with Crippen LogP contribution in [0.15, 0.2) is 24.3 Å². The molecule has 1 aromatic heterocycles. The fraction of sp³-hybridized carbons (Fsp3) is 0.438. The summed E-state index contributed by atoms with van der Waals surface area (Å²) in [7, 11) is 0. The Labute approximate surface area is 130 Å². The van der Waals surface area contributed by atoms with Crippen LogP contribution in [-0.2, 0) is 0 Å². The molecule has 0 aliphatic carbocycles. The molecular formula is C16H22N4O2. The summed E-state index contributed by atoms with van der Waals surface area (Å²) in [5, 5.41) is 19.0. The van der Waals surface area contributed by atoms with Crippen LogP contribution in [0.3, 0.4) is 0 Å². The number of aromatic nitrogens is 3. The summed E-state index contributed by atoms with van der Waals surface area (Å²) >= 11 is 0. The van der Waals surface area contributed by atoms with E-state index in [1.54, 1.807) is 12.1 Å². The summed E-state index contributed by atoms with van der Waals surface area (Å²) in [6.07, 6.45) is 1.27. The number of hydrogen-bond donors (Lipinski definition) is 3. The van der Waals surface area contributed by atoms with Gasteiger partial charge in [-0.15, -0.1) is 0 Å². The van der Waals surface area contributed by atoms with Crippen molar-refractivity contribution in [3.8, 4) is 11.4 Å². The first kappa shape index (κ1) is 16.2. The van der Waals surface area contributed by atoms with Gasteiger partial charge in [-0.2, -0.15) is 5.10 Å². The molecule has 0 saturated carbocycles. The Bertz CT molecular complexity index is 653. The Hall–Kier alpha value is -2.21. The van der Waals surface area contributed by atoms with E-state index in [-0.39, 0.29) is 12.5 Å². The van der Waals surface area contributed by atoms with Gasteiger partial charge in [0, 0.05) is 23.3 Å². The van der Waals surface area contributed by atoms with Crippen molar-refractivity contribution in [2.24, 2.45) is 0 Å². The van der Waals surface area contributed by atoms with Gasteiger partial charge in [-0.05, 0) is 38.8 Å². The van der Waals surface area contributed by atoms with E-state index in [0.717, 1.165) is 17.8 Å². The molecule has 0 bridgehead atoms. The summed E-state index contributed by atoms with van der Waals surface area (Å²) < 4.78 is 0. The van der Waals surface area contributed by atoms with Gasteiger partial charge in [0.1, 0.15) is 5.82 Å². The number of aliphatic hydroxyl groups is 1. The molecule has 1 aromatic carbocycles. The molecule has 6 heteroatoms. The van der Waals surface area contributed by atoms with E-state index < -0.39 is 5.54 Å². The van der Waals surface area contributed by atoms with Crippen LogP contribution in [0.1, 0.15) is 42.9 Å². The van der Waals surface area contributed by atoms with Crippen molar-refractivity contribution >= 4 is 5.91 Å². The van der Waals surface area contributed by atoms with Gasteiger partial charge in [-0.1, -0.05) is 19.1 Å². The quantitative estimate of drug-likeness (QED) is 0.761. The SMILES string of the molecule is CCC(C)(CCO)NC(=O)c1cccc(-c2n[nH]c(C)n2)c1. The summed E-state index contributed by atoms with van der Waals surface area (Å²) in [6, 6.07) is 7.21. The zero-order valence-electron chi connectivity index (χ0n) is 13.2. The standard InChI is InChI=1S/C16H22N4O2/c1-4-16(3,8-9-21)18-15(22)13-7-5-6-12(10-13)14-17-11(2)19-20-14/h5-7,10,21H,4,8-9H2,1-3H3,(H,18,22)(H,17,19,20). The molecule has 0 aliphatic heterocycles. The molecule has 1 unspecified atom stereocenters. The van der Waals surface area contributed by atoms with Crippen molar-refractivity contribution in [3.63, 3.8) is 0 Å². The van der Waals surface area contributed by atoms with E-state index in [2.05, 4.69) is 20.5 Å². The second-order valence-electron chi connectivity index (χ2n) is 5.67. The van der Waals surface area contributed by atoms with Gasteiger partial charge in [0.05, 0.1) is 0 Å². The average Bonchev–Trinajstić information content (AvgIpc) is 2.94. The van der Waals surface area contributed by atoms with Crippen LogP contribution < -0.4 is 5.32 Å². The lowest BCUT2D eigenvalue weighted by Gasteiger charge is -2.29. The summed E-state index contributed by atoms with van der Waals surface area (Å²) in [5.41, 5.74) is 0.929. The van der Waals surface area contributed by atoms with Crippen molar-refractivity contribution < 1.29 is 9.90 Å². The minimum atomic E-state index is -0.414. The second-order valence-corrected chi connectivity index (χ2v) is 5.67. The summed E-state index contributed by atoms with van der Waals surface area (Å²) in [4.78, 5) is 16.7. The number of H-pyrrole nitrogens is 1. The number of nitrogens with one attached hydrogen (secondary N) is 2. The van der Waals surface area contributed by atoms with Crippen LogP contribution in [-0.4, -0.2) is 38.3 Å². The third-order valence-corrected chi connectivity index (χ3v) is 3.84. The third-order valence-electron chi connectivity index (χ3n) is 3.84. The Balaban J connectivity index is 2.20. The predicted molar refractivity (Wildman–Crippen MR) is 84.4 cm³/mol. The Morgan fingerprint density at radius 2 is 2.23 bits per heavy atom. The number of carbonyl (C=O) groups excluding carboxylic acids is 1. The zero-order chi connectivity index (χ0) is 16.2. The van der Waals surface area contributed by atoms with Crippen LogP contribution in [0.5, 0.6) is 0 Å². The highest BCUT2D eigenvalue weighted by Gasteiger charge is 2.24. The smallest absolute Gasteiger partial charge is 0.251 e. The zero-order valence-corrected chi connectivity index (χ0v) is 13.2. The molecule has 1 amide bonds. The Morgan fingerprint density at radius 3 is 2.82 bits per heavy atom. The highest BCUT2D eigenvalue weighted by molar-refractivity contribution is 5.95. The topological polar surface area (TPSA) is 90.9 Å². The molecule has 0 saturated heterocycles. The van der Waals surface area contributed by atoms with E-state index in [9.17, 15) is 4.79 Å². The molecule has 6 nitrogen and oxygen atoms in total. The largest absolute Gasteiger partial charge is 0.396 e. The molecule has 22 heavy (non-hydrogen) atoms. The summed E-state index contributed by atoms with van der Waals surface area (Å²) in [5.74, 6) is 1.14. The molecule has 118 valence electrons. The summed E-state index contributed by atoms with van der Waals surface area (Å²) in [6.45, 7) is 5.79. The van der Waals surface area contributed by atoms with Gasteiger partial charge in [-0.25, -0.2) is 4.98 Å². The molecule has 0 aliphatic rings. The molecule has 2 rings (SSSR count). The van der Waals surface area contributed by atoms with Crippen molar-refractivity contribution in [2.75, 3.05) is 6.61 Å². The minimum absolute atomic E-state index is 0.0428. The number of benzene rings is 1. The monoisotopic (exact) mass is 302 g/mol. The van der Waals surface area contributed by atoms with E-state index in [4.69, 9.17) is 5.11 Å². The number of nitrogens with zero attached hydrogens (tertiary/aromatic N) is 2. The van der Waals surface area contributed by atoms with Gasteiger partial charge >= 0.3 is 0 Å². The number of aryl methyl sites for hydroxylation is 1. The number of rotatable bonds is 6. The van der Waals surface area contributed by atoms with Gasteiger partial charge in [0.25, 0.3) is 5.91 Å². The van der Waals surface area contributed by atoms with Gasteiger partial charge < -0.3 is 10.4 Å². The van der Waals surface area contributed by atoms with E-state index in [1.165, 1.54) is 0 Å². The second kappa shape index (κ2) is 6.70. The molecule has 0 spiro atoms. The van der Waals surface area contributed by atoms with Crippen LogP contribution in [0.2, 0.25) is 0 Å². The highest BCUT2D eigenvalue weighted by atomic mass is 16.3. The average molecular weight is 302 g/mol. The van der Waals surface area contributed by atoms with Crippen LogP contribution in [0, 0.1) is 6.92 Å². The van der Waals surface area contributed by atoms with E-state index >= 15 is 0 Å². The lowest BCUT2D eigenvalue weighted by molar-refractivity contribution is 0.0886. The number of carbonyl (C=O) groups is 1. The van der Waals surface area contributed by atoms with Crippen LogP contribution >= 0.6 is 0 Å². The fourth-order valence-corrected chi connectivity index (χ4v) is 2.19. The molecule has 1 heterocycles. The number of aliphatic hydroxyl groups excluding tert-OH is 1. The number of aromatic amines is 1. The Morgan fingerprint density at radius 1 is 1.45 bits per heavy atom. The third kappa shape index (κ3) is 3.71. The van der Waals surface area contributed by atoms with Gasteiger partial charge in [-0.3, -0.25) is 9.89 Å². The first-order valence-electron chi connectivity index (χ1n) is 7.40. The normalized spacial score (nSPS) is 13.6. The van der Waals surface area contributed by atoms with Crippen molar-refractivity contribution in [2.45, 2.75) is 39.2 Å². The van der Waals surface area contributed by atoms with Crippen molar-refractivity contribution in [3.05, 3.63) is 35.7 Å². The Kier molecular flexibility index (Phi) is 4.92. The van der Waals surface area contributed by atoms with Crippen molar-refractivity contribution in [1.82, 2.24) is 20.5 Å². The van der Waals surface area contributed by atoms with E-state index in [0.29, 0.717) is 17.8 Å².